The van der Waals surface area contributed by atoms with Crippen LogP contribution in [0.2, 0.25) is 0 Å². The molecule has 0 aliphatic rings. The lowest BCUT2D eigenvalue weighted by atomic mass is 10.1. The summed E-state index contributed by atoms with van der Waals surface area (Å²) in [7, 11) is 2.58. The van der Waals surface area contributed by atoms with E-state index in [1.165, 1.54) is 56.7 Å². The van der Waals surface area contributed by atoms with Gasteiger partial charge in [0, 0.05) is 17.5 Å². The number of hydrogen-bond acceptors (Lipinski definition) is 7. The summed E-state index contributed by atoms with van der Waals surface area (Å²) >= 11 is 0. The standard InChI is InChI=1S/C20H16FNO6/c1-26-18-8-12(23)4-5-13(18)17(24)10-28-19-9-16(20(25)27-2)22-15-6-3-11(21)7-14(15)19/h3-9,23H,10H2,1-2H3. The van der Waals surface area contributed by atoms with Gasteiger partial charge in [0.15, 0.2) is 12.3 Å². The summed E-state index contributed by atoms with van der Waals surface area (Å²) in [4.78, 5) is 28.5. The average molecular weight is 385 g/mol. The molecule has 0 amide bonds. The fraction of sp³-hybridized carbons (Fsp3) is 0.150. The van der Waals surface area contributed by atoms with Crippen LogP contribution in [-0.2, 0) is 4.74 Å². The van der Waals surface area contributed by atoms with Crippen LogP contribution in [0.1, 0.15) is 20.8 Å². The summed E-state index contributed by atoms with van der Waals surface area (Å²) in [5.41, 5.74) is 0.485. The summed E-state index contributed by atoms with van der Waals surface area (Å²) in [6, 6.07) is 9.15. The highest BCUT2D eigenvalue weighted by Crippen LogP contribution is 2.28. The van der Waals surface area contributed by atoms with E-state index >= 15 is 0 Å². The molecule has 1 N–H and O–H groups in total. The molecule has 144 valence electrons. The molecule has 7 nitrogen and oxygen atoms in total. The van der Waals surface area contributed by atoms with E-state index in [2.05, 4.69) is 9.72 Å². The van der Waals surface area contributed by atoms with Crippen molar-refractivity contribution < 1.29 is 33.3 Å². The number of ketones is 1. The Balaban J connectivity index is 1.94. The van der Waals surface area contributed by atoms with Gasteiger partial charge in [-0.05, 0) is 30.3 Å². The van der Waals surface area contributed by atoms with Gasteiger partial charge in [0.1, 0.15) is 23.1 Å². The van der Waals surface area contributed by atoms with E-state index in [9.17, 15) is 19.1 Å². The van der Waals surface area contributed by atoms with Gasteiger partial charge in [-0.2, -0.15) is 0 Å². The summed E-state index contributed by atoms with van der Waals surface area (Å²) in [5, 5.41) is 9.80. The molecule has 0 radical (unpaired) electrons. The minimum absolute atomic E-state index is 0.0359. The Hall–Kier alpha value is -3.68. The van der Waals surface area contributed by atoms with Gasteiger partial charge in [0.25, 0.3) is 0 Å². The second kappa shape index (κ2) is 7.91. The Bertz CT molecular complexity index is 1070. The van der Waals surface area contributed by atoms with E-state index in [0.717, 1.165) is 0 Å². The van der Waals surface area contributed by atoms with Gasteiger partial charge >= 0.3 is 5.97 Å². The van der Waals surface area contributed by atoms with Crippen molar-refractivity contribution in [1.29, 1.82) is 0 Å². The van der Waals surface area contributed by atoms with Crippen molar-refractivity contribution in [2.24, 2.45) is 0 Å². The summed E-state index contributed by atoms with van der Waals surface area (Å²) < 4.78 is 29.0. The monoisotopic (exact) mass is 385 g/mol. The smallest absolute Gasteiger partial charge is 0.356 e. The molecule has 3 rings (SSSR count). The molecule has 2 aromatic carbocycles. The van der Waals surface area contributed by atoms with Crippen LogP contribution >= 0.6 is 0 Å². The number of fused-ring (bicyclic) bond motifs is 1. The van der Waals surface area contributed by atoms with Gasteiger partial charge in [-0.1, -0.05) is 0 Å². The number of esters is 1. The lowest BCUT2D eigenvalue weighted by molar-refractivity contribution is 0.0594. The maximum Gasteiger partial charge on any atom is 0.356 e. The lowest BCUT2D eigenvalue weighted by Crippen LogP contribution is -2.14. The molecule has 1 heterocycles. The number of phenolic OH excluding ortho intramolecular Hbond substituents is 1. The quantitative estimate of drug-likeness (QED) is 0.514. The van der Waals surface area contributed by atoms with E-state index < -0.39 is 24.2 Å². The highest BCUT2D eigenvalue weighted by Gasteiger charge is 2.17. The number of ether oxygens (including phenoxy) is 3. The normalized spacial score (nSPS) is 10.5. The van der Waals surface area contributed by atoms with Crippen molar-refractivity contribution in [3.05, 3.63) is 59.5 Å². The third kappa shape index (κ3) is 3.85. The van der Waals surface area contributed by atoms with Gasteiger partial charge in [0.05, 0.1) is 25.3 Å². The molecule has 0 saturated heterocycles. The van der Waals surface area contributed by atoms with E-state index in [4.69, 9.17) is 9.47 Å². The SMILES string of the molecule is COC(=O)c1cc(OCC(=O)c2ccc(O)cc2OC)c2cc(F)ccc2n1. The second-order valence-corrected chi connectivity index (χ2v) is 5.76. The molecule has 0 atom stereocenters. The molecule has 3 aromatic rings. The molecule has 28 heavy (non-hydrogen) atoms. The number of Topliss-reactive ketones (excluding diaryl/α,β-unsaturated/α-hetero) is 1. The number of pyridine rings is 1. The number of nitrogens with zero attached hydrogens (tertiary/aromatic N) is 1. The predicted molar refractivity (Wildman–Crippen MR) is 97.5 cm³/mol. The van der Waals surface area contributed by atoms with Gasteiger partial charge in [-0.15, -0.1) is 0 Å². The summed E-state index contributed by atoms with van der Waals surface area (Å²) in [5.74, 6) is -1.39. The zero-order valence-electron chi connectivity index (χ0n) is 15.1. The van der Waals surface area contributed by atoms with Crippen LogP contribution < -0.4 is 9.47 Å². The first-order valence-corrected chi connectivity index (χ1v) is 8.14. The first kappa shape index (κ1) is 19.1. The molecule has 0 aliphatic carbocycles. The zero-order chi connectivity index (χ0) is 20.3. The number of phenols is 1. The Morgan fingerprint density at radius 1 is 1.07 bits per heavy atom. The average Bonchev–Trinajstić information content (AvgIpc) is 2.70. The van der Waals surface area contributed by atoms with E-state index in [1.54, 1.807) is 0 Å². The van der Waals surface area contributed by atoms with Crippen LogP contribution in [0.4, 0.5) is 4.39 Å². The first-order chi connectivity index (χ1) is 13.4. The van der Waals surface area contributed by atoms with Gasteiger partial charge < -0.3 is 19.3 Å². The Labute approximate surface area is 159 Å². The maximum atomic E-state index is 13.7. The molecule has 0 aliphatic heterocycles. The Kier molecular flexibility index (Phi) is 5.39. The number of carbonyl (C=O) groups excluding carboxylic acids is 2. The van der Waals surface area contributed by atoms with Gasteiger partial charge in [-0.3, -0.25) is 4.79 Å². The van der Waals surface area contributed by atoms with Crippen molar-refractivity contribution in [2.75, 3.05) is 20.8 Å². The fourth-order valence-electron chi connectivity index (χ4n) is 2.63. The molecular weight excluding hydrogens is 369 g/mol. The largest absolute Gasteiger partial charge is 0.508 e. The molecular formula is C20H16FNO6. The van der Waals surface area contributed by atoms with Crippen LogP contribution in [0.5, 0.6) is 17.2 Å². The van der Waals surface area contributed by atoms with Crippen molar-refractivity contribution >= 4 is 22.7 Å². The zero-order valence-corrected chi connectivity index (χ0v) is 15.1. The fourth-order valence-corrected chi connectivity index (χ4v) is 2.63. The van der Waals surface area contributed by atoms with Crippen LogP contribution in [0, 0.1) is 5.82 Å². The summed E-state index contributed by atoms with van der Waals surface area (Å²) in [6.45, 7) is -0.405. The number of carbonyl (C=O) groups is 2. The highest BCUT2D eigenvalue weighted by molar-refractivity contribution is 6.00. The third-order valence-corrected chi connectivity index (χ3v) is 3.97. The topological polar surface area (TPSA) is 95.0 Å². The molecule has 0 fully saturated rings. The minimum Gasteiger partial charge on any atom is -0.508 e. The number of hydrogen-bond donors (Lipinski definition) is 1. The molecule has 1 aromatic heterocycles. The number of halogens is 1. The highest BCUT2D eigenvalue weighted by atomic mass is 19.1. The lowest BCUT2D eigenvalue weighted by Gasteiger charge is -2.12. The third-order valence-electron chi connectivity index (χ3n) is 3.97. The number of benzene rings is 2. The Morgan fingerprint density at radius 3 is 2.57 bits per heavy atom. The predicted octanol–water partition coefficient (Wildman–Crippen LogP) is 3.14. The van der Waals surface area contributed by atoms with Gasteiger partial charge in [-0.25, -0.2) is 14.2 Å². The van der Waals surface area contributed by atoms with Crippen molar-refractivity contribution in [3.63, 3.8) is 0 Å². The van der Waals surface area contributed by atoms with Crippen LogP contribution in [0.25, 0.3) is 10.9 Å². The van der Waals surface area contributed by atoms with Crippen LogP contribution in [-0.4, -0.2) is 42.7 Å². The maximum absolute atomic E-state index is 13.7. The van der Waals surface area contributed by atoms with Crippen molar-refractivity contribution in [3.8, 4) is 17.2 Å². The number of rotatable bonds is 6. The van der Waals surface area contributed by atoms with E-state index in [-0.39, 0.29) is 28.5 Å². The number of aromatic hydroxyl groups is 1. The van der Waals surface area contributed by atoms with Crippen molar-refractivity contribution in [2.45, 2.75) is 0 Å². The molecule has 0 saturated carbocycles. The van der Waals surface area contributed by atoms with E-state index in [0.29, 0.717) is 10.9 Å². The van der Waals surface area contributed by atoms with Crippen LogP contribution in [0.3, 0.4) is 0 Å². The molecule has 0 unspecified atom stereocenters. The first-order valence-electron chi connectivity index (χ1n) is 8.14. The van der Waals surface area contributed by atoms with Gasteiger partial charge in [0.2, 0.25) is 5.78 Å². The van der Waals surface area contributed by atoms with E-state index in [1.807, 2.05) is 0 Å². The number of methoxy groups -OCH3 is 2. The Morgan fingerprint density at radius 2 is 1.86 bits per heavy atom. The second-order valence-electron chi connectivity index (χ2n) is 5.76. The summed E-state index contributed by atoms with van der Waals surface area (Å²) in [6.07, 6.45) is 0. The molecule has 0 spiro atoms. The number of aromatic nitrogens is 1. The minimum atomic E-state index is -0.692. The molecule has 0 bridgehead atoms. The molecule has 8 heteroatoms. The van der Waals surface area contributed by atoms with Crippen molar-refractivity contribution in [1.82, 2.24) is 4.98 Å². The van der Waals surface area contributed by atoms with Crippen LogP contribution in [0.15, 0.2) is 42.5 Å².